The number of halogens is 1. The van der Waals surface area contributed by atoms with Crippen LogP contribution < -0.4 is 15.5 Å². The molecule has 2 aromatic carbocycles. The van der Waals surface area contributed by atoms with Crippen molar-refractivity contribution in [3.05, 3.63) is 59.1 Å². The molecule has 0 aliphatic heterocycles. The highest BCUT2D eigenvalue weighted by atomic mass is 35.5. The predicted octanol–water partition coefficient (Wildman–Crippen LogP) is 3.98. The number of carbonyl (C=O) groups excluding carboxylic acids is 2. The average molecular weight is 390 g/mol. The van der Waals surface area contributed by atoms with E-state index in [1.54, 1.807) is 62.6 Å². The van der Waals surface area contributed by atoms with E-state index in [0.717, 1.165) is 11.3 Å². The quantitative estimate of drug-likeness (QED) is 0.553. The Morgan fingerprint density at radius 1 is 1.07 bits per heavy atom. The third kappa shape index (κ3) is 7.37. The number of nitrogens with zero attached hydrogens (tertiary/aromatic N) is 1. The number of amides is 2. The maximum absolute atomic E-state index is 11.9. The van der Waals surface area contributed by atoms with Gasteiger partial charge in [0.1, 0.15) is 12.4 Å². The standard InChI is InChI=1S/C19H20ClN3O4/c1-13(11-18(24)21-16-7-5-15(20)6-8-16)22-23-19(25)27-12-14-3-9-17(26-2)10-4-14/h3-10H,11-12H2,1-2H3,(H,21,24)(H,23,25). The van der Waals surface area contributed by atoms with E-state index in [0.29, 0.717) is 16.4 Å². The molecule has 0 unspecified atom stereocenters. The second-order valence-corrected chi connectivity index (χ2v) is 6.05. The molecule has 8 heteroatoms. The fraction of sp³-hybridized carbons (Fsp3) is 0.211. The molecular weight excluding hydrogens is 370 g/mol. The van der Waals surface area contributed by atoms with E-state index in [9.17, 15) is 9.59 Å². The van der Waals surface area contributed by atoms with Crippen molar-refractivity contribution < 1.29 is 19.1 Å². The molecule has 0 fully saturated rings. The van der Waals surface area contributed by atoms with E-state index < -0.39 is 6.09 Å². The molecule has 0 heterocycles. The number of methoxy groups -OCH3 is 1. The molecule has 142 valence electrons. The van der Waals surface area contributed by atoms with Crippen LogP contribution in [0.15, 0.2) is 53.6 Å². The van der Waals surface area contributed by atoms with Crippen molar-refractivity contribution in [2.45, 2.75) is 20.0 Å². The first-order chi connectivity index (χ1) is 13.0. The highest BCUT2D eigenvalue weighted by Crippen LogP contribution is 2.14. The molecule has 0 bridgehead atoms. The summed E-state index contributed by atoms with van der Waals surface area (Å²) in [4.78, 5) is 23.6. The van der Waals surface area contributed by atoms with Crippen LogP contribution in [0.5, 0.6) is 5.75 Å². The van der Waals surface area contributed by atoms with Crippen LogP contribution in [0.1, 0.15) is 18.9 Å². The number of hydrogen-bond donors (Lipinski definition) is 2. The van der Waals surface area contributed by atoms with Crippen LogP contribution in [0.3, 0.4) is 0 Å². The number of carbonyl (C=O) groups is 2. The van der Waals surface area contributed by atoms with Crippen molar-refractivity contribution in [3.8, 4) is 5.75 Å². The fourth-order valence-electron chi connectivity index (χ4n) is 2.05. The lowest BCUT2D eigenvalue weighted by Crippen LogP contribution is -2.22. The van der Waals surface area contributed by atoms with E-state index in [4.69, 9.17) is 21.1 Å². The Morgan fingerprint density at radius 2 is 1.74 bits per heavy atom. The van der Waals surface area contributed by atoms with Gasteiger partial charge in [0.15, 0.2) is 0 Å². The van der Waals surface area contributed by atoms with Gasteiger partial charge in [-0.1, -0.05) is 23.7 Å². The van der Waals surface area contributed by atoms with Crippen LogP contribution in [0.4, 0.5) is 10.5 Å². The van der Waals surface area contributed by atoms with Gasteiger partial charge in [0.05, 0.1) is 13.5 Å². The maximum Gasteiger partial charge on any atom is 0.428 e. The van der Waals surface area contributed by atoms with Gasteiger partial charge in [-0.25, -0.2) is 10.2 Å². The zero-order chi connectivity index (χ0) is 19.6. The number of hydrogen-bond acceptors (Lipinski definition) is 5. The summed E-state index contributed by atoms with van der Waals surface area (Å²) in [6, 6.07) is 13.9. The monoisotopic (exact) mass is 389 g/mol. The summed E-state index contributed by atoms with van der Waals surface area (Å²) in [5.41, 5.74) is 4.13. The number of ether oxygens (including phenoxy) is 2. The van der Waals surface area contributed by atoms with Gasteiger partial charge in [-0.3, -0.25) is 4.79 Å². The number of nitrogens with one attached hydrogen (secondary N) is 2. The zero-order valence-corrected chi connectivity index (χ0v) is 15.7. The Bertz CT molecular complexity index is 805. The summed E-state index contributed by atoms with van der Waals surface area (Å²) in [6.07, 6.45) is -0.676. The second kappa shape index (κ2) is 10.2. The number of benzene rings is 2. The predicted molar refractivity (Wildman–Crippen MR) is 104 cm³/mol. The van der Waals surface area contributed by atoms with Crippen LogP contribution in [-0.4, -0.2) is 24.8 Å². The molecule has 2 aromatic rings. The molecule has 0 atom stereocenters. The van der Waals surface area contributed by atoms with E-state index in [2.05, 4.69) is 15.8 Å². The maximum atomic E-state index is 11.9. The zero-order valence-electron chi connectivity index (χ0n) is 15.0. The molecule has 7 nitrogen and oxygen atoms in total. The minimum Gasteiger partial charge on any atom is -0.497 e. The van der Waals surface area contributed by atoms with Crippen molar-refractivity contribution in [2.24, 2.45) is 5.10 Å². The lowest BCUT2D eigenvalue weighted by molar-refractivity contribution is -0.115. The molecule has 0 saturated carbocycles. The number of anilines is 1. The van der Waals surface area contributed by atoms with Crippen LogP contribution in [-0.2, 0) is 16.1 Å². The molecule has 2 N–H and O–H groups in total. The Labute approximate surface area is 162 Å². The number of hydrazone groups is 1. The summed E-state index contributed by atoms with van der Waals surface area (Å²) in [7, 11) is 1.58. The summed E-state index contributed by atoms with van der Waals surface area (Å²) in [5.74, 6) is 0.465. The van der Waals surface area contributed by atoms with Gasteiger partial charge < -0.3 is 14.8 Å². The smallest absolute Gasteiger partial charge is 0.428 e. The highest BCUT2D eigenvalue weighted by molar-refractivity contribution is 6.30. The van der Waals surface area contributed by atoms with Crippen LogP contribution in [0.2, 0.25) is 5.02 Å². The third-order valence-corrected chi connectivity index (χ3v) is 3.66. The van der Waals surface area contributed by atoms with E-state index in [1.165, 1.54) is 0 Å². The van der Waals surface area contributed by atoms with E-state index in [1.807, 2.05) is 0 Å². The minimum atomic E-state index is -0.705. The fourth-order valence-corrected chi connectivity index (χ4v) is 2.18. The molecule has 2 rings (SSSR count). The lowest BCUT2D eigenvalue weighted by atomic mass is 10.2. The molecule has 2 amide bonds. The molecule has 27 heavy (non-hydrogen) atoms. The minimum absolute atomic E-state index is 0.0292. The van der Waals surface area contributed by atoms with Crippen LogP contribution >= 0.6 is 11.6 Å². The van der Waals surface area contributed by atoms with Gasteiger partial charge in [0, 0.05) is 16.4 Å². The first-order valence-corrected chi connectivity index (χ1v) is 8.48. The lowest BCUT2D eigenvalue weighted by Gasteiger charge is -2.07. The largest absolute Gasteiger partial charge is 0.497 e. The summed E-state index contributed by atoms with van der Waals surface area (Å²) < 4.78 is 10.1. The molecule has 0 radical (unpaired) electrons. The summed E-state index contributed by atoms with van der Waals surface area (Å²) >= 11 is 5.79. The van der Waals surface area contributed by atoms with E-state index in [-0.39, 0.29) is 18.9 Å². The van der Waals surface area contributed by atoms with Crippen molar-refractivity contribution >= 4 is 35.0 Å². The first kappa shape index (κ1) is 20.3. The van der Waals surface area contributed by atoms with Crippen molar-refractivity contribution in [1.82, 2.24) is 5.43 Å². The summed E-state index contributed by atoms with van der Waals surface area (Å²) in [6.45, 7) is 1.73. The molecule has 0 aromatic heterocycles. The molecule has 0 aliphatic carbocycles. The van der Waals surface area contributed by atoms with Gasteiger partial charge in [0.2, 0.25) is 5.91 Å². The topological polar surface area (TPSA) is 89.0 Å². The Kier molecular flexibility index (Phi) is 7.63. The van der Waals surface area contributed by atoms with Gasteiger partial charge in [0.25, 0.3) is 0 Å². The normalized spacial score (nSPS) is 10.9. The highest BCUT2D eigenvalue weighted by Gasteiger charge is 2.06. The number of rotatable bonds is 7. The third-order valence-electron chi connectivity index (χ3n) is 3.41. The van der Waals surface area contributed by atoms with Gasteiger partial charge in [-0.05, 0) is 48.9 Å². The van der Waals surface area contributed by atoms with Crippen molar-refractivity contribution in [2.75, 3.05) is 12.4 Å². The molecule has 0 saturated heterocycles. The Hall–Kier alpha value is -3.06. The van der Waals surface area contributed by atoms with Crippen LogP contribution in [0.25, 0.3) is 0 Å². The average Bonchev–Trinajstić information content (AvgIpc) is 2.67. The van der Waals surface area contributed by atoms with Crippen molar-refractivity contribution in [3.63, 3.8) is 0 Å². The summed E-state index contributed by atoms with van der Waals surface area (Å²) in [5, 5.41) is 7.15. The van der Waals surface area contributed by atoms with Gasteiger partial charge in [-0.2, -0.15) is 5.10 Å². The van der Waals surface area contributed by atoms with E-state index >= 15 is 0 Å². The Balaban J connectivity index is 1.73. The van der Waals surface area contributed by atoms with Crippen LogP contribution in [0, 0.1) is 0 Å². The SMILES string of the molecule is COc1ccc(COC(=O)NN=C(C)CC(=O)Nc2ccc(Cl)cc2)cc1. The van der Waals surface area contributed by atoms with Gasteiger partial charge in [-0.15, -0.1) is 0 Å². The first-order valence-electron chi connectivity index (χ1n) is 8.10. The Morgan fingerprint density at radius 3 is 2.37 bits per heavy atom. The molecule has 0 spiro atoms. The molecule has 0 aliphatic rings. The van der Waals surface area contributed by atoms with Gasteiger partial charge >= 0.3 is 6.09 Å². The van der Waals surface area contributed by atoms with Crippen molar-refractivity contribution in [1.29, 1.82) is 0 Å². The second-order valence-electron chi connectivity index (χ2n) is 5.61. The molecular formula is C19H20ClN3O4.